The van der Waals surface area contributed by atoms with E-state index in [0.29, 0.717) is 22.7 Å². The zero-order valence-corrected chi connectivity index (χ0v) is 7.31. The lowest BCUT2D eigenvalue weighted by Crippen LogP contribution is -2.39. The minimum Gasteiger partial charge on any atom is -0.397 e. The van der Waals surface area contributed by atoms with Crippen LogP contribution in [0.2, 0.25) is 0 Å². The Labute approximate surface area is 71.6 Å². The first-order valence-corrected chi connectivity index (χ1v) is 3.74. The molecule has 0 aromatic rings. The van der Waals surface area contributed by atoms with Crippen LogP contribution in [0.1, 0.15) is 13.8 Å². The molecule has 66 valence electrons. The van der Waals surface area contributed by atoms with Crippen molar-refractivity contribution in [1.82, 2.24) is 0 Å². The standard InChI is InChI=1S/C8H14N4/c1-3-5(9)7(11)4(2)8(12)6(3)10/h5,11H,9-10,12H2,1-2H3. The number of nitrogens with one attached hydrogen (secondary N) is 1. The molecule has 0 saturated carbocycles. The topological polar surface area (TPSA) is 102 Å². The molecule has 1 aliphatic carbocycles. The van der Waals surface area contributed by atoms with Gasteiger partial charge < -0.3 is 22.6 Å². The van der Waals surface area contributed by atoms with E-state index in [1.807, 2.05) is 0 Å². The van der Waals surface area contributed by atoms with Crippen LogP contribution in [0.4, 0.5) is 0 Å². The van der Waals surface area contributed by atoms with Crippen LogP contribution in [0.15, 0.2) is 22.5 Å². The van der Waals surface area contributed by atoms with Crippen LogP contribution < -0.4 is 17.2 Å². The van der Waals surface area contributed by atoms with Crippen LogP contribution in [0.25, 0.3) is 0 Å². The van der Waals surface area contributed by atoms with Crippen LogP contribution in [-0.4, -0.2) is 11.8 Å². The summed E-state index contributed by atoms with van der Waals surface area (Å²) in [6.07, 6.45) is 0. The van der Waals surface area contributed by atoms with E-state index >= 15 is 0 Å². The zero-order valence-electron chi connectivity index (χ0n) is 7.31. The fraction of sp³-hybridized carbons (Fsp3) is 0.375. The number of rotatable bonds is 0. The van der Waals surface area contributed by atoms with Gasteiger partial charge in [-0.1, -0.05) is 0 Å². The summed E-state index contributed by atoms with van der Waals surface area (Å²) in [6, 6.07) is -0.391. The summed E-state index contributed by atoms with van der Waals surface area (Å²) in [6.45, 7) is 3.56. The second-order valence-electron chi connectivity index (χ2n) is 3.03. The van der Waals surface area contributed by atoms with Crippen molar-refractivity contribution >= 4 is 5.71 Å². The summed E-state index contributed by atoms with van der Waals surface area (Å²) in [5.41, 5.74) is 19.9. The molecule has 0 aromatic heterocycles. The third-order valence-electron chi connectivity index (χ3n) is 2.30. The van der Waals surface area contributed by atoms with Gasteiger partial charge in [0.1, 0.15) is 0 Å². The van der Waals surface area contributed by atoms with E-state index in [1.165, 1.54) is 0 Å². The molecule has 1 aliphatic rings. The van der Waals surface area contributed by atoms with Gasteiger partial charge >= 0.3 is 0 Å². The third kappa shape index (κ3) is 1.00. The van der Waals surface area contributed by atoms with Gasteiger partial charge in [-0.25, -0.2) is 0 Å². The van der Waals surface area contributed by atoms with E-state index in [9.17, 15) is 0 Å². The molecule has 7 N–H and O–H groups in total. The minimum absolute atomic E-state index is 0.360. The summed E-state index contributed by atoms with van der Waals surface area (Å²) in [4.78, 5) is 0. The molecule has 0 heterocycles. The average molecular weight is 166 g/mol. The molecule has 0 aromatic carbocycles. The first-order chi connectivity index (χ1) is 5.46. The Kier molecular flexibility index (Phi) is 1.94. The highest BCUT2D eigenvalue weighted by Crippen LogP contribution is 2.20. The number of hydrogen-bond acceptors (Lipinski definition) is 4. The van der Waals surface area contributed by atoms with E-state index in [0.717, 1.165) is 5.57 Å². The second-order valence-corrected chi connectivity index (χ2v) is 3.03. The molecular weight excluding hydrogens is 152 g/mol. The molecule has 1 unspecified atom stereocenters. The smallest absolute Gasteiger partial charge is 0.0703 e. The molecule has 0 aliphatic heterocycles. The fourth-order valence-electron chi connectivity index (χ4n) is 1.18. The predicted octanol–water partition coefficient (Wildman–Crippen LogP) is -0.188. The van der Waals surface area contributed by atoms with E-state index in [1.54, 1.807) is 13.8 Å². The van der Waals surface area contributed by atoms with E-state index in [-0.39, 0.29) is 0 Å². The van der Waals surface area contributed by atoms with Crippen molar-refractivity contribution < 1.29 is 0 Å². The van der Waals surface area contributed by atoms with E-state index < -0.39 is 6.04 Å². The molecule has 0 spiro atoms. The minimum atomic E-state index is -0.391. The summed E-state index contributed by atoms with van der Waals surface area (Å²) >= 11 is 0. The van der Waals surface area contributed by atoms with E-state index in [4.69, 9.17) is 22.6 Å². The molecule has 0 fully saturated rings. The van der Waals surface area contributed by atoms with Gasteiger partial charge in [0, 0.05) is 0 Å². The van der Waals surface area contributed by atoms with Crippen molar-refractivity contribution in [3.63, 3.8) is 0 Å². The zero-order chi connectivity index (χ0) is 9.46. The van der Waals surface area contributed by atoms with Crippen LogP contribution in [0.5, 0.6) is 0 Å². The number of hydrogen-bond donors (Lipinski definition) is 4. The van der Waals surface area contributed by atoms with Gasteiger partial charge in [-0.05, 0) is 25.0 Å². The maximum Gasteiger partial charge on any atom is 0.0703 e. The Bertz CT molecular complexity index is 298. The van der Waals surface area contributed by atoms with Crippen molar-refractivity contribution in [3.8, 4) is 0 Å². The van der Waals surface area contributed by atoms with Crippen LogP contribution in [0.3, 0.4) is 0 Å². The Morgan fingerprint density at radius 2 is 1.67 bits per heavy atom. The molecule has 4 nitrogen and oxygen atoms in total. The molecule has 1 rings (SSSR count). The van der Waals surface area contributed by atoms with Gasteiger partial charge in [0.25, 0.3) is 0 Å². The average Bonchev–Trinajstić information content (AvgIpc) is 2.08. The Balaban J connectivity index is 3.27. The quantitative estimate of drug-likeness (QED) is 0.401. The fourth-order valence-corrected chi connectivity index (χ4v) is 1.18. The molecular formula is C8H14N4. The lowest BCUT2D eigenvalue weighted by molar-refractivity contribution is 0.924. The van der Waals surface area contributed by atoms with Crippen LogP contribution in [-0.2, 0) is 0 Å². The van der Waals surface area contributed by atoms with Crippen LogP contribution in [0, 0.1) is 5.41 Å². The number of nitrogens with two attached hydrogens (primary N) is 3. The molecule has 0 radical (unpaired) electrons. The lowest BCUT2D eigenvalue weighted by atomic mass is 9.90. The monoisotopic (exact) mass is 166 g/mol. The summed E-state index contributed by atoms with van der Waals surface area (Å²) < 4.78 is 0. The Morgan fingerprint density at radius 3 is 2.17 bits per heavy atom. The van der Waals surface area contributed by atoms with Crippen molar-refractivity contribution in [1.29, 1.82) is 5.41 Å². The third-order valence-corrected chi connectivity index (χ3v) is 2.30. The van der Waals surface area contributed by atoms with Crippen LogP contribution >= 0.6 is 0 Å². The largest absolute Gasteiger partial charge is 0.397 e. The highest BCUT2D eigenvalue weighted by Gasteiger charge is 2.23. The highest BCUT2D eigenvalue weighted by molar-refractivity contribution is 6.05. The van der Waals surface area contributed by atoms with Gasteiger partial charge in [0.15, 0.2) is 0 Å². The molecule has 0 bridgehead atoms. The maximum absolute atomic E-state index is 7.60. The lowest BCUT2D eigenvalue weighted by Gasteiger charge is -2.24. The van der Waals surface area contributed by atoms with E-state index in [2.05, 4.69) is 0 Å². The van der Waals surface area contributed by atoms with Crippen molar-refractivity contribution in [2.24, 2.45) is 17.2 Å². The molecule has 1 atom stereocenters. The first-order valence-electron chi connectivity index (χ1n) is 3.74. The van der Waals surface area contributed by atoms with Gasteiger partial charge in [-0.3, -0.25) is 0 Å². The second kappa shape index (κ2) is 2.64. The molecule has 12 heavy (non-hydrogen) atoms. The van der Waals surface area contributed by atoms with Crippen molar-refractivity contribution in [2.45, 2.75) is 19.9 Å². The van der Waals surface area contributed by atoms with Gasteiger partial charge in [0.05, 0.1) is 23.1 Å². The molecule has 0 saturated heterocycles. The first kappa shape index (κ1) is 8.80. The van der Waals surface area contributed by atoms with Gasteiger partial charge in [0.2, 0.25) is 0 Å². The van der Waals surface area contributed by atoms with Gasteiger partial charge in [-0.15, -0.1) is 0 Å². The summed E-state index contributed by atoms with van der Waals surface area (Å²) in [5.74, 6) is 0. The maximum atomic E-state index is 7.60. The van der Waals surface area contributed by atoms with Gasteiger partial charge in [-0.2, -0.15) is 0 Å². The van der Waals surface area contributed by atoms with Crippen molar-refractivity contribution in [2.75, 3.05) is 0 Å². The Morgan fingerprint density at radius 1 is 1.17 bits per heavy atom. The summed E-state index contributed by atoms with van der Waals surface area (Å²) in [5, 5.41) is 7.60. The normalized spacial score (nSPS) is 25.2. The SMILES string of the molecule is CC1=C(N)C(N)=C(C)C(N)C1=N. The van der Waals surface area contributed by atoms with Crippen molar-refractivity contribution in [3.05, 3.63) is 22.5 Å². The molecule has 0 amide bonds. The Hall–Kier alpha value is -1.29. The summed E-state index contributed by atoms with van der Waals surface area (Å²) in [7, 11) is 0. The molecule has 4 heteroatoms. The highest BCUT2D eigenvalue weighted by atomic mass is 14.8. The predicted molar refractivity (Wildman–Crippen MR) is 49.5 cm³/mol.